The van der Waals surface area contributed by atoms with E-state index in [9.17, 15) is 18.0 Å². The first-order valence-electron chi connectivity index (χ1n) is 8.97. The van der Waals surface area contributed by atoms with Crippen molar-refractivity contribution in [1.82, 2.24) is 21.3 Å². The lowest BCUT2D eigenvalue weighted by Gasteiger charge is -2.36. The fraction of sp³-hybridized carbons (Fsp3) is 0.588. The Morgan fingerprint density at radius 3 is 2.82 bits per heavy atom. The zero-order chi connectivity index (χ0) is 20.6. The Morgan fingerprint density at radius 2 is 2.11 bits per heavy atom. The first kappa shape index (κ1) is 22.4. The molecule has 28 heavy (non-hydrogen) atoms. The van der Waals surface area contributed by atoms with Gasteiger partial charge in [0, 0.05) is 18.3 Å². The summed E-state index contributed by atoms with van der Waals surface area (Å²) in [5, 5.41) is 23.2. The summed E-state index contributed by atoms with van der Waals surface area (Å²) in [7, 11) is 0. The molecule has 1 aliphatic rings. The van der Waals surface area contributed by atoms with Crippen LogP contribution in [0.1, 0.15) is 18.9 Å². The van der Waals surface area contributed by atoms with Crippen LogP contribution < -0.4 is 26.6 Å². The van der Waals surface area contributed by atoms with Crippen LogP contribution in [0.4, 0.5) is 23.7 Å². The number of benzene rings is 1. The molecule has 158 valence electrons. The summed E-state index contributed by atoms with van der Waals surface area (Å²) in [6.07, 6.45) is -4.37. The van der Waals surface area contributed by atoms with Crippen LogP contribution in [0, 0.1) is 0 Å². The molecule has 1 aromatic rings. The summed E-state index contributed by atoms with van der Waals surface area (Å²) in [5.74, 6) is 0. The van der Waals surface area contributed by atoms with Crippen molar-refractivity contribution in [2.45, 2.75) is 38.0 Å². The minimum Gasteiger partial charge on any atom is -0.394 e. The molecular weight excluding hydrogens is 379 g/mol. The van der Waals surface area contributed by atoms with Gasteiger partial charge in [-0.1, -0.05) is 6.07 Å². The Kier molecular flexibility index (Phi) is 8.45. The number of carbonyl (C=O) groups excluding carboxylic acids is 1. The molecule has 0 bridgehead atoms. The molecule has 1 heterocycles. The summed E-state index contributed by atoms with van der Waals surface area (Å²) in [5.41, 5.74) is -0.785. The van der Waals surface area contributed by atoms with E-state index >= 15 is 0 Å². The molecule has 2 amide bonds. The van der Waals surface area contributed by atoms with Gasteiger partial charge in [-0.25, -0.2) is 4.79 Å². The van der Waals surface area contributed by atoms with Gasteiger partial charge in [0.25, 0.3) is 0 Å². The largest absolute Gasteiger partial charge is 0.416 e. The number of hydrogen-bond donors (Lipinski definition) is 6. The van der Waals surface area contributed by atoms with Crippen molar-refractivity contribution in [3.05, 3.63) is 29.8 Å². The van der Waals surface area contributed by atoms with Crippen molar-refractivity contribution in [3.8, 4) is 0 Å². The Balaban J connectivity index is 1.82. The number of carbonyl (C=O) groups is 1. The normalized spacial score (nSPS) is 22.7. The second kappa shape index (κ2) is 10.6. The number of halogens is 3. The minimum atomic E-state index is -4.48. The molecule has 0 saturated carbocycles. The number of aliphatic hydroxyl groups is 1. The van der Waals surface area contributed by atoms with Crippen molar-refractivity contribution in [2.24, 2.45) is 0 Å². The molecule has 0 spiro atoms. The number of hydrogen-bond acceptors (Lipinski definition) is 6. The molecule has 2 rings (SSSR count). The van der Waals surface area contributed by atoms with E-state index in [0.29, 0.717) is 13.2 Å². The average Bonchev–Trinajstić information content (AvgIpc) is 2.60. The molecule has 0 aliphatic carbocycles. The molecule has 6 N–H and O–H groups in total. The van der Waals surface area contributed by atoms with Gasteiger partial charge in [0.1, 0.15) is 6.29 Å². The fourth-order valence-electron chi connectivity index (χ4n) is 2.79. The summed E-state index contributed by atoms with van der Waals surface area (Å²) in [6.45, 7) is 3.20. The van der Waals surface area contributed by atoms with Crippen LogP contribution in [0.5, 0.6) is 0 Å². The molecule has 3 unspecified atom stereocenters. The standard InChI is InChI=1S/C17H26F3N5O3/c1-11-9-14(21-5-7-28-8-6-26)24-15(22-11)25-16(27)23-13-4-2-3-12(10-13)17(18,19)20/h2-4,10-11,14-15,21-22,24,26H,5-9H2,1H3,(H2,23,25,27). The molecule has 1 fully saturated rings. The highest BCUT2D eigenvalue weighted by Crippen LogP contribution is 2.30. The summed E-state index contributed by atoms with van der Waals surface area (Å²) < 4.78 is 43.5. The van der Waals surface area contributed by atoms with Crippen LogP contribution in [0.2, 0.25) is 0 Å². The van der Waals surface area contributed by atoms with E-state index in [2.05, 4.69) is 26.6 Å². The molecule has 8 nitrogen and oxygen atoms in total. The number of ether oxygens (including phenoxy) is 1. The van der Waals surface area contributed by atoms with Crippen molar-refractivity contribution in [2.75, 3.05) is 31.7 Å². The SMILES string of the molecule is CC1CC(NCCOCCO)NC(NC(=O)Nc2cccc(C(F)(F)F)c2)N1. The van der Waals surface area contributed by atoms with Gasteiger partial charge in [-0.2, -0.15) is 13.2 Å². The Labute approximate surface area is 161 Å². The second-order valence-electron chi connectivity index (χ2n) is 6.42. The zero-order valence-electron chi connectivity index (χ0n) is 15.5. The molecular formula is C17H26F3N5O3. The number of anilines is 1. The van der Waals surface area contributed by atoms with E-state index < -0.39 is 24.1 Å². The van der Waals surface area contributed by atoms with E-state index in [1.807, 2.05) is 6.92 Å². The van der Waals surface area contributed by atoms with E-state index in [1.54, 1.807) is 0 Å². The van der Waals surface area contributed by atoms with Gasteiger partial charge in [-0.05, 0) is 31.5 Å². The maximum atomic E-state index is 12.8. The highest BCUT2D eigenvalue weighted by molar-refractivity contribution is 5.89. The van der Waals surface area contributed by atoms with Crippen LogP contribution in [-0.4, -0.2) is 56.0 Å². The van der Waals surface area contributed by atoms with Gasteiger partial charge < -0.3 is 20.5 Å². The molecule has 1 aliphatic heterocycles. The first-order valence-corrected chi connectivity index (χ1v) is 8.97. The minimum absolute atomic E-state index is 0.0321. The smallest absolute Gasteiger partial charge is 0.394 e. The lowest BCUT2D eigenvalue weighted by Crippen LogP contribution is -2.67. The maximum Gasteiger partial charge on any atom is 0.416 e. The third-order valence-corrected chi connectivity index (χ3v) is 4.00. The van der Waals surface area contributed by atoms with Crippen LogP contribution in [-0.2, 0) is 10.9 Å². The molecule has 1 aromatic carbocycles. The van der Waals surface area contributed by atoms with Gasteiger partial charge in [0.2, 0.25) is 0 Å². The van der Waals surface area contributed by atoms with E-state index in [0.717, 1.165) is 18.6 Å². The monoisotopic (exact) mass is 405 g/mol. The van der Waals surface area contributed by atoms with Gasteiger partial charge in [-0.15, -0.1) is 0 Å². The molecule has 11 heteroatoms. The quantitative estimate of drug-likeness (QED) is 0.361. The Hall–Kier alpha value is -1.92. The summed E-state index contributed by atoms with van der Waals surface area (Å²) >= 11 is 0. The third kappa shape index (κ3) is 7.60. The lowest BCUT2D eigenvalue weighted by atomic mass is 10.1. The van der Waals surface area contributed by atoms with Crippen LogP contribution in [0.15, 0.2) is 24.3 Å². The predicted octanol–water partition coefficient (Wildman–Crippen LogP) is 1.01. The van der Waals surface area contributed by atoms with Gasteiger partial charge >= 0.3 is 12.2 Å². The highest BCUT2D eigenvalue weighted by Gasteiger charge is 2.30. The topological polar surface area (TPSA) is 107 Å². The lowest BCUT2D eigenvalue weighted by molar-refractivity contribution is -0.137. The molecule has 1 saturated heterocycles. The van der Waals surface area contributed by atoms with E-state index in [4.69, 9.17) is 9.84 Å². The number of nitrogens with one attached hydrogen (secondary N) is 5. The first-order chi connectivity index (χ1) is 13.3. The van der Waals surface area contributed by atoms with Gasteiger partial charge in [0.15, 0.2) is 0 Å². The average molecular weight is 405 g/mol. The zero-order valence-corrected chi connectivity index (χ0v) is 15.5. The molecule has 3 atom stereocenters. The Bertz CT molecular complexity index is 632. The van der Waals surface area contributed by atoms with E-state index in [-0.39, 0.29) is 31.1 Å². The number of aliphatic hydroxyl groups excluding tert-OH is 1. The van der Waals surface area contributed by atoms with Gasteiger partial charge in [-0.3, -0.25) is 16.0 Å². The number of amides is 2. The van der Waals surface area contributed by atoms with Crippen molar-refractivity contribution < 1.29 is 27.8 Å². The van der Waals surface area contributed by atoms with E-state index in [1.165, 1.54) is 12.1 Å². The van der Waals surface area contributed by atoms with Crippen molar-refractivity contribution >= 4 is 11.7 Å². The number of rotatable bonds is 8. The number of urea groups is 1. The van der Waals surface area contributed by atoms with Crippen LogP contribution in [0.25, 0.3) is 0 Å². The second-order valence-corrected chi connectivity index (χ2v) is 6.42. The summed E-state index contributed by atoms with van der Waals surface area (Å²) in [4.78, 5) is 12.1. The Morgan fingerprint density at radius 1 is 1.32 bits per heavy atom. The molecule has 0 radical (unpaired) electrons. The maximum absolute atomic E-state index is 12.8. The van der Waals surface area contributed by atoms with Crippen LogP contribution >= 0.6 is 0 Å². The van der Waals surface area contributed by atoms with Crippen molar-refractivity contribution in [3.63, 3.8) is 0 Å². The third-order valence-electron chi connectivity index (χ3n) is 4.00. The summed E-state index contributed by atoms with van der Waals surface area (Å²) in [6, 6.07) is 3.89. The van der Waals surface area contributed by atoms with Crippen molar-refractivity contribution in [1.29, 1.82) is 0 Å². The highest BCUT2D eigenvalue weighted by atomic mass is 19.4. The predicted molar refractivity (Wildman–Crippen MR) is 97.4 cm³/mol. The van der Waals surface area contributed by atoms with Crippen LogP contribution in [0.3, 0.4) is 0 Å². The number of alkyl halides is 3. The molecule has 0 aromatic heterocycles. The van der Waals surface area contributed by atoms with Gasteiger partial charge in [0.05, 0.1) is 31.5 Å². The fourth-order valence-corrected chi connectivity index (χ4v) is 2.79.